The van der Waals surface area contributed by atoms with E-state index in [1.807, 2.05) is 6.07 Å². The molecule has 1 fully saturated rings. The molecule has 0 unspecified atom stereocenters. The van der Waals surface area contributed by atoms with Crippen LogP contribution in [0.3, 0.4) is 0 Å². The smallest absolute Gasteiger partial charge is 0.243 e. The van der Waals surface area contributed by atoms with Gasteiger partial charge in [-0.15, -0.1) is 0 Å². The maximum Gasteiger partial charge on any atom is 0.243 e. The Morgan fingerprint density at radius 2 is 1.85 bits per heavy atom. The molecule has 7 nitrogen and oxygen atoms in total. The largest absolute Gasteiger partial charge is 0.379 e. The summed E-state index contributed by atoms with van der Waals surface area (Å²) in [6.45, 7) is 1.40. The Bertz CT molecular complexity index is 914. The molecule has 0 aliphatic carbocycles. The number of hydrogen-bond donors (Lipinski definition) is 2. The van der Waals surface area contributed by atoms with Gasteiger partial charge in [0.2, 0.25) is 15.9 Å². The highest BCUT2D eigenvalue weighted by atomic mass is 35.5. The zero-order valence-electron chi connectivity index (χ0n) is 14.5. The first-order valence-electron chi connectivity index (χ1n) is 8.43. The van der Waals surface area contributed by atoms with Crippen molar-refractivity contribution in [3.8, 4) is 0 Å². The van der Waals surface area contributed by atoms with Gasteiger partial charge in [-0.25, -0.2) is 8.42 Å². The van der Waals surface area contributed by atoms with E-state index in [2.05, 4.69) is 10.6 Å². The van der Waals surface area contributed by atoms with E-state index in [0.717, 1.165) is 0 Å². The van der Waals surface area contributed by atoms with Crippen molar-refractivity contribution in [2.45, 2.75) is 4.90 Å². The molecule has 0 radical (unpaired) electrons. The van der Waals surface area contributed by atoms with Gasteiger partial charge in [0.15, 0.2) is 0 Å². The van der Waals surface area contributed by atoms with Crippen LogP contribution in [0, 0.1) is 0 Å². The number of rotatable bonds is 6. The summed E-state index contributed by atoms with van der Waals surface area (Å²) >= 11 is 6.04. The van der Waals surface area contributed by atoms with Gasteiger partial charge in [-0.3, -0.25) is 4.79 Å². The first kappa shape index (κ1) is 19.6. The first-order valence-corrected chi connectivity index (χ1v) is 10.2. The summed E-state index contributed by atoms with van der Waals surface area (Å²) in [7, 11) is -3.61. The van der Waals surface area contributed by atoms with Gasteiger partial charge in [0.05, 0.1) is 35.4 Å². The van der Waals surface area contributed by atoms with Crippen molar-refractivity contribution in [1.29, 1.82) is 0 Å². The van der Waals surface area contributed by atoms with Crippen molar-refractivity contribution in [3.05, 3.63) is 53.6 Å². The number of para-hydroxylation sites is 1. The zero-order chi connectivity index (χ0) is 19.3. The Balaban J connectivity index is 1.65. The van der Waals surface area contributed by atoms with Crippen LogP contribution in [-0.4, -0.2) is 51.5 Å². The number of carbonyl (C=O) groups excluding carboxylic acids is 1. The third kappa shape index (κ3) is 4.98. The fraction of sp³-hybridized carbons (Fsp3) is 0.278. The summed E-state index contributed by atoms with van der Waals surface area (Å²) in [4.78, 5) is 12.3. The van der Waals surface area contributed by atoms with E-state index in [1.54, 1.807) is 30.3 Å². The maximum absolute atomic E-state index is 12.7. The molecule has 1 saturated heterocycles. The summed E-state index contributed by atoms with van der Waals surface area (Å²) < 4.78 is 32.0. The number of morpholine rings is 1. The van der Waals surface area contributed by atoms with E-state index in [-0.39, 0.29) is 17.3 Å². The quantitative estimate of drug-likeness (QED) is 0.765. The van der Waals surface area contributed by atoms with E-state index in [1.165, 1.54) is 16.4 Å². The minimum absolute atomic E-state index is 0.00414. The number of halogens is 1. The number of benzene rings is 2. The second-order valence-corrected chi connectivity index (χ2v) is 8.27. The molecule has 27 heavy (non-hydrogen) atoms. The van der Waals surface area contributed by atoms with Gasteiger partial charge in [-0.2, -0.15) is 4.31 Å². The van der Waals surface area contributed by atoms with Gasteiger partial charge in [0, 0.05) is 18.8 Å². The minimum Gasteiger partial charge on any atom is -0.379 e. The Morgan fingerprint density at radius 3 is 2.59 bits per heavy atom. The third-order valence-corrected chi connectivity index (χ3v) is 6.26. The molecular formula is C18H20ClN3O4S. The minimum atomic E-state index is -3.61. The number of hydrogen-bond acceptors (Lipinski definition) is 5. The summed E-state index contributed by atoms with van der Waals surface area (Å²) in [6.07, 6.45) is 0. The lowest BCUT2D eigenvalue weighted by Gasteiger charge is -2.26. The first-order chi connectivity index (χ1) is 13.0. The molecule has 0 bridgehead atoms. The second kappa shape index (κ2) is 8.71. The van der Waals surface area contributed by atoms with Crippen molar-refractivity contribution in [3.63, 3.8) is 0 Å². The lowest BCUT2D eigenvalue weighted by Crippen LogP contribution is -2.40. The number of amides is 1. The molecule has 2 aromatic rings. The second-order valence-electron chi connectivity index (χ2n) is 5.93. The van der Waals surface area contributed by atoms with Crippen LogP contribution in [0.15, 0.2) is 53.4 Å². The van der Waals surface area contributed by atoms with Crippen molar-refractivity contribution in [2.24, 2.45) is 0 Å². The Kier molecular flexibility index (Phi) is 6.33. The fourth-order valence-corrected chi connectivity index (χ4v) is 4.31. The summed E-state index contributed by atoms with van der Waals surface area (Å²) in [5, 5.41) is 6.16. The zero-order valence-corrected chi connectivity index (χ0v) is 16.1. The van der Waals surface area contributed by atoms with E-state index in [0.29, 0.717) is 42.7 Å². The molecule has 0 atom stereocenters. The van der Waals surface area contributed by atoms with Crippen molar-refractivity contribution in [2.75, 3.05) is 43.5 Å². The predicted molar refractivity (Wildman–Crippen MR) is 105 cm³/mol. The van der Waals surface area contributed by atoms with E-state index >= 15 is 0 Å². The van der Waals surface area contributed by atoms with Crippen molar-refractivity contribution >= 4 is 38.9 Å². The lowest BCUT2D eigenvalue weighted by atomic mass is 10.3. The van der Waals surface area contributed by atoms with Crippen LogP contribution < -0.4 is 10.6 Å². The molecule has 0 saturated carbocycles. The molecule has 0 spiro atoms. The number of sulfonamides is 1. The Hall–Kier alpha value is -2.13. The van der Waals surface area contributed by atoms with E-state index < -0.39 is 10.0 Å². The number of carbonyl (C=O) groups is 1. The van der Waals surface area contributed by atoms with E-state index in [4.69, 9.17) is 16.3 Å². The average molecular weight is 410 g/mol. The fourth-order valence-electron chi connectivity index (χ4n) is 2.66. The molecule has 1 amide bonds. The third-order valence-electron chi connectivity index (χ3n) is 4.04. The topological polar surface area (TPSA) is 87.7 Å². The van der Waals surface area contributed by atoms with Crippen LogP contribution >= 0.6 is 11.6 Å². The highest BCUT2D eigenvalue weighted by Gasteiger charge is 2.26. The molecule has 144 valence electrons. The average Bonchev–Trinajstić information content (AvgIpc) is 2.68. The molecule has 3 rings (SSSR count). The lowest BCUT2D eigenvalue weighted by molar-refractivity contribution is -0.114. The summed E-state index contributed by atoms with van der Waals surface area (Å²) in [5.41, 5.74) is 1.06. The molecule has 9 heteroatoms. The van der Waals surface area contributed by atoms with Gasteiger partial charge in [0.1, 0.15) is 0 Å². The van der Waals surface area contributed by atoms with Crippen LogP contribution in [-0.2, 0) is 19.6 Å². The van der Waals surface area contributed by atoms with Crippen LogP contribution in [0.2, 0.25) is 5.02 Å². The Labute approximate surface area is 163 Å². The van der Waals surface area contributed by atoms with Gasteiger partial charge in [0.25, 0.3) is 0 Å². The van der Waals surface area contributed by atoms with Crippen LogP contribution in [0.25, 0.3) is 0 Å². The molecule has 1 aliphatic heterocycles. The number of ether oxygens (including phenoxy) is 1. The normalized spacial score (nSPS) is 15.3. The molecule has 2 aromatic carbocycles. The molecule has 1 heterocycles. The van der Waals surface area contributed by atoms with Crippen molar-refractivity contribution in [1.82, 2.24) is 4.31 Å². The van der Waals surface area contributed by atoms with Gasteiger partial charge >= 0.3 is 0 Å². The standard InChI is InChI=1S/C18H20ClN3O4S/c19-16-6-1-2-7-17(16)20-13-18(23)21-14-4-3-5-15(12-14)27(24,25)22-8-10-26-11-9-22/h1-7,12,20H,8-11,13H2,(H,21,23). The summed E-state index contributed by atoms with van der Waals surface area (Å²) in [6, 6.07) is 13.3. The number of nitrogens with one attached hydrogen (secondary N) is 2. The van der Waals surface area contributed by atoms with Gasteiger partial charge < -0.3 is 15.4 Å². The van der Waals surface area contributed by atoms with Crippen molar-refractivity contribution < 1.29 is 17.9 Å². The van der Waals surface area contributed by atoms with E-state index in [9.17, 15) is 13.2 Å². The summed E-state index contributed by atoms with van der Waals surface area (Å²) in [5.74, 6) is -0.309. The monoisotopic (exact) mass is 409 g/mol. The van der Waals surface area contributed by atoms with Gasteiger partial charge in [-0.1, -0.05) is 29.8 Å². The highest BCUT2D eigenvalue weighted by Crippen LogP contribution is 2.22. The van der Waals surface area contributed by atoms with Gasteiger partial charge in [-0.05, 0) is 30.3 Å². The molecule has 0 aromatic heterocycles. The van der Waals surface area contributed by atoms with Crippen LogP contribution in [0.1, 0.15) is 0 Å². The predicted octanol–water partition coefficient (Wildman–Crippen LogP) is 2.41. The van der Waals surface area contributed by atoms with Crippen LogP contribution in [0.5, 0.6) is 0 Å². The van der Waals surface area contributed by atoms with Crippen LogP contribution in [0.4, 0.5) is 11.4 Å². The highest BCUT2D eigenvalue weighted by molar-refractivity contribution is 7.89. The maximum atomic E-state index is 12.7. The SMILES string of the molecule is O=C(CNc1ccccc1Cl)Nc1cccc(S(=O)(=O)N2CCOCC2)c1. The molecule has 1 aliphatic rings. The number of nitrogens with zero attached hydrogens (tertiary/aromatic N) is 1. The Morgan fingerprint density at radius 1 is 1.11 bits per heavy atom. The molecular weight excluding hydrogens is 390 g/mol. The number of anilines is 2. The molecule has 2 N–H and O–H groups in total.